The maximum absolute atomic E-state index is 13.3. The Kier molecular flexibility index (Phi) is 4.73. The Morgan fingerprint density at radius 1 is 1.45 bits per heavy atom. The first kappa shape index (κ1) is 15.9. The molecule has 22 heavy (non-hydrogen) atoms. The number of likely N-dealkylation sites (tertiary alicyclic amines) is 1. The Morgan fingerprint density at radius 2 is 2.18 bits per heavy atom. The first-order chi connectivity index (χ1) is 10.4. The van der Waals surface area contributed by atoms with Crippen molar-refractivity contribution in [3.8, 4) is 6.07 Å². The molecule has 0 aromatic heterocycles. The van der Waals surface area contributed by atoms with Gasteiger partial charge in [0.2, 0.25) is 5.91 Å². The third-order valence-corrected chi connectivity index (χ3v) is 3.63. The highest BCUT2D eigenvalue weighted by atomic mass is 19.1. The van der Waals surface area contributed by atoms with Crippen LogP contribution in [-0.4, -0.2) is 47.1 Å². The topological polar surface area (TPSA) is 93.4 Å². The van der Waals surface area contributed by atoms with Gasteiger partial charge in [-0.05, 0) is 24.6 Å². The van der Waals surface area contributed by atoms with E-state index in [4.69, 9.17) is 5.26 Å². The van der Waals surface area contributed by atoms with Gasteiger partial charge >= 0.3 is 0 Å². The van der Waals surface area contributed by atoms with Crippen molar-refractivity contribution in [1.82, 2.24) is 10.2 Å². The predicted molar refractivity (Wildman–Crippen MR) is 75.2 cm³/mol. The minimum Gasteiger partial charge on any atom is -0.389 e. The Hall–Kier alpha value is -2.46. The van der Waals surface area contributed by atoms with Gasteiger partial charge in [-0.25, -0.2) is 4.39 Å². The number of amides is 2. The molecule has 1 fully saturated rings. The van der Waals surface area contributed by atoms with Gasteiger partial charge in [0, 0.05) is 25.6 Å². The lowest BCUT2D eigenvalue weighted by molar-refractivity contribution is -0.132. The summed E-state index contributed by atoms with van der Waals surface area (Å²) in [6.45, 7) is 2.00. The van der Waals surface area contributed by atoms with Crippen molar-refractivity contribution in [2.45, 2.75) is 25.5 Å². The minimum atomic E-state index is -0.884. The summed E-state index contributed by atoms with van der Waals surface area (Å²) in [5, 5.41) is 21.4. The van der Waals surface area contributed by atoms with E-state index in [1.807, 2.05) is 0 Å². The molecule has 2 unspecified atom stereocenters. The summed E-state index contributed by atoms with van der Waals surface area (Å²) in [5.74, 6) is -1.36. The zero-order valence-electron chi connectivity index (χ0n) is 12.0. The van der Waals surface area contributed by atoms with Crippen molar-refractivity contribution >= 4 is 11.8 Å². The fourth-order valence-electron chi connectivity index (χ4n) is 2.42. The lowest BCUT2D eigenvalue weighted by Crippen LogP contribution is -2.55. The summed E-state index contributed by atoms with van der Waals surface area (Å²) in [4.78, 5) is 24.9. The van der Waals surface area contributed by atoms with Gasteiger partial charge in [0.25, 0.3) is 5.91 Å². The Labute approximate surface area is 127 Å². The van der Waals surface area contributed by atoms with Crippen LogP contribution < -0.4 is 5.32 Å². The number of piperidine rings is 1. The number of hydrogen-bond acceptors (Lipinski definition) is 4. The standard InChI is InChI=1S/C15H16FN3O3/c1-9(20)19-3-2-13(14(21)8-19)18-15(22)11-4-10(7-17)5-12(16)6-11/h4-6,13-14,21H,2-3,8H2,1H3,(H,18,22). The molecule has 6 nitrogen and oxygen atoms in total. The third-order valence-electron chi connectivity index (χ3n) is 3.63. The number of aliphatic hydroxyl groups excluding tert-OH is 1. The van der Waals surface area contributed by atoms with Gasteiger partial charge in [-0.15, -0.1) is 0 Å². The molecule has 1 aromatic carbocycles. The van der Waals surface area contributed by atoms with Gasteiger partial charge in [-0.2, -0.15) is 5.26 Å². The summed E-state index contributed by atoms with van der Waals surface area (Å²) in [7, 11) is 0. The Morgan fingerprint density at radius 3 is 2.77 bits per heavy atom. The maximum Gasteiger partial charge on any atom is 0.251 e. The third kappa shape index (κ3) is 3.59. The summed E-state index contributed by atoms with van der Waals surface area (Å²) >= 11 is 0. The van der Waals surface area contributed by atoms with Crippen LogP contribution in [0.5, 0.6) is 0 Å². The molecule has 0 radical (unpaired) electrons. The number of carbonyl (C=O) groups excluding carboxylic acids is 2. The second-order valence-corrected chi connectivity index (χ2v) is 5.24. The van der Waals surface area contributed by atoms with E-state index < -0.39 is 23.9 Å². The SMILES string of the molecule is CC(=O)N1CCC(NC(=O)c2cc(F)cc(C#N)c2)C(O)C1. The number of hydrogen-bond donors (Lipinski definition) is 2. The van der Waals surface area contributed by atoms with Crippen molar-refractivity contribution in [2.75, 3.05) is 13.1 Å². The van der Waals surface area contributed by atoms with Gasteiger partial charge in [-0.1, -0.05) is 0 Å². The molecule has 2 atom stereocenters. The lowest BCUT2D eigenvalue weighted by Gasteiger charge is -2.35. The Balaban J connectivity index is 2.05. The van der Waals surface area contributed by atoms with E-state index in [2.05, 4.69) is 5.32 Å². The molecule has 2 rings (SSSR count). The van der Waals surface area contributed by atoms with E-state index in [0.717, 1.165) is 12.1 Å². The zero-order valence-corrected chi connectivity index (χ0v) is 12.0. The number of rotatable bonds is 2. The van der Waals surface area contributed by atoms with Crippen LogP contribution in [-0.2, 0) is 4.79 Å². The first-order valence-corrected chi connectivity index (χ1v) is 6.86. The molecule has 7 heteroatoms. The smallest absolute Gasteiger partial charge is 0.251 e. The van der Waals surface area contributed by atoms with E-state index in [9.17, 15) is 19.1 Å². The van der Waals surface area contributed by atoms with Crippen molar-refractivity contribution in [2.24, 2.45) is 0 Å². The number of β-amino-alcohol motifs (C(OH)–C–C–N with tert-alkyl or cyclic N) is 1. The molecule has 2 amide bonds. The lowest BCUT2D eigenvalue weighted by atomic mass is 10.0. The summed E-state index contributed by atoms with van der Waals surface area (Å²) in [6, 6.07) is 4.62. The van der Waals surface area contributed by atoms with Crippen LogP contribution in [0.1, 0.15) is 29.3 Å². The number of aliphatic hydroxyl groups is 1. The molecule has 1 aromatic rings. The number of halogens is 1. The van der Waals surface area contributed by atoms with E-state index in [1.54, 1.807) is 6.07 Å². The maximum atomic E-state index is 13.3. The highest BCUT2D eigenvalue weighted by molar-refractivity contribution is 5.94. The second-order valence-electron chi connectivity index (χ2n) is 5.24. The molecular weight excluding hydrogens is 289 g/mol. The molecule has 1 saturated heterocycles. The van der Waals surface area contributed by atoms with Crippen molar-refractivity contribution in [1.29, 1.82) is 5.26 Å². The van der Waals surface area contributed by atoms with Crippen LogP contribution >= 0.6 is 0 Å². The van der Waals surface area contributed by atoms with Gasteiger partial charge in [-0.3, -0.25) is 9.59 Å². The van der Waals surface area contributed by atoms with Gasteiger partial charge < -0.3 is 15.3 Å². The zero-order chi connectivity index (χ0) is 16.3. The number of nitrogens with zero attached hydrogens (tertiary/aromatic N) is 2. The normalized spacial score (nSPS) is 21.1. The molecule has 0 saturated carbocycles. The van der Waals surface area contributed by atoms with Crippen LogP contribution in [0, 0.1) is 17.1 Å². The first-order valence-electron chi connectivity index (χ1n) is 6.86. The van der Waals surface area contributed by atoms with Gasteiger partial charge in [0.05, 0.1) is 23.8 Å². The summed E-state index contributed by atoms with van der Waals surface area (Å²) in [6.07, 6.45) is -0.474. The van der Waals surface area contributed by atoms with E-state index in [0.29, 0.717) is 13.0 Å². The van der Waals surface area contributed by atoms with Crippen LogP contribution in [0.2, 0.25) is 0 Å². The molecule has 116 valence electrons. The molecule has 1 heterocycles. The van der Waals surface area contributed by atoms with Crippen molar-refractivity contribution < 1.29 is 19.1 Å². The van der Waals surface area contributed by atoms with Crippen molar-refractivity contribution in [3.05, 3.63) is 35.1 Å². The number of benzene rings is 1. The van der Waals surface area contributed by atoms with Crippen LogP contribution in [0.25, 0.3) is 0 Å². The van der Waals surface area contributed by atoms with Crippen LogP contribution in [0.3, 0.4) is 0 Å². The minimum absolute atomic E-state index is 0.0257. The highest BCUT2D eigenvalue weighted by Crippen LogP contribution is 2.14. The molecule has 1 aliphatic heterocycles. The fourth-order valence-corrected chi connectivity index (χ4v) is 2.42. The Bertz CT molecular complexity index is 641. The quantitative estimate of drug-likeness (QED) is 0.827. The van der Waals surface area contributed by atoms with E-state index in [1.165, 1.54) is 17.9 Å². The van der Waals surface area contributed by atoms with E-state index in [-0.39, 0.29) is 23.6 Å². The highest BCUT2D eigenvalue weighted by Gasteiger charge is 2.30. The van der Waals surface area contributed by atoms with Crippen molar-refractivity contribution in [3.63, 3.8) is 0 Å². The van der Waals surface area contributed by atoms with Gasteiger partial charge in [0.15, 0.2) is 0 Å². The largest absolute Gasteiger partial charge is 0.389 e. The molecule has 1 aliphatic rings. The molecule has 0 aliphatic carbocycles. The van der Waals surface area contributed by atoms with Gasteiger partial charge in [0.1, 0.15) is 5.82 Å². The number of carbonyl (C=O) groups is 2. The summed E-state index contributed by atoms with van der Waals surface area (Å²) < 4.78 is 13.3. The molecule has 2 N–H and O–H groups in total. The second kappa shape index (κ2) is 6.54. The van der Waals surface area contributed by atoms with E-state index >= 15 is 0 Å². The molecular formula is C15H16FN3O3. The average molecular weight is 305 g/mol. The number of nitrogens with one attached hydrogen (secondary N) is 1. The van der Waals surface area contributed by atoms with Crippen LogP contribution in [0.4, 0.5) is 4.39 Å². The predicted octanol–water partition coefficient (Wildman–Crippen LogP) is 0.409. The fraction of sp³-hybridized carbons (Fsp3) is 0.400. The monoisotopic (exact) mass is 305 g/mol. The number of nitriles is 1. The summed E-state index contributed by atoms with van der Waals surface area (Å²) in [5.41, 5.74) is 0.0786. The van der Waals surface area contributed by atoms with Crippen LogP contribution in [0.15, 0.2) is 18.2 Å². The molecule has 0 bridgehead atoms. The molecule has 0 spiro atoms. The average Bonchev–Trinajstić information content (AvgIpc) is 2.48.